The minimum atomic E-state index is 0.132. The minimum absolute atomic E-state index is 0.132. The van der Waals surface area contributed by atoms with Gasteiger partial charge in [-0.05, 0) is 37.6 Å². The molecule has 0 atom stereocenters. The van der Waals surface area contributed by atoms with Gasteiger partial charge in [0, 0.05) is 22.9 Å². The van der Waals surface area contributed by atoms with Gasteiger partial charge in [-0.3, -0.25) is 9.78 Å². The standard InChI is InChI=1S/C15H15NOS/c1-11-4-3-5-13(8-11)18-10-15(17)14-9-16-7-6-12(14)2/h3-9H,10H2,1-2H3. The Labute approximate surface area is 111 Å². The molecule has 2 aromatic rings. The van der Waals surface area contributed by atoms with Gasteiger partial charge in [0.2, 0.25) is 0 Å². The molecule has 0 unspecified atom stereocenters. The summed E-state index contributed by atoms with van der Waals surface area (Å²) in [5.74, 6) is 0.586. The van der Waals surface area contributed by atoms with Crippen molar-refractivity contribution in [3.63, 3.8) is 0 Å². The zero-order valence-electron chi connectivity index (χ0n) is 10.5. The number of hydrogen-bond acceptors (Lipinski definition) is 3. The summed E-state index contributed by atoms with van der Waals surface area (Å²) < 4.78 is 0. The third kappa shape index (κ3) is 3.20. The second-order valence-electron chi connectivity index (χ2n) is 4.22. The van der Waals surface area contributed by atoms with E-state index in [-0.39, 0.29) is 5.78 Å². The second-order valence-corrected chi connectivity index (χ2v) is 5.27. The average molecular weight is 257 g/mol. The highest BCUT2D eigenvalue weighted by Crippen LogP contribution is 2.20. The quantitative estimate of drug-likeness (QED) is 0.618. The molecule has 2 nitrogen and oxygen atoms in total. The molecule has 1 aromatic carbocycles. The number of Topliss-reactive ketones (excluding diaryl/α,β-unsaturated/α-hetero) is 1. The van der Waals surface area contributed by atoms with Gasteiger partial charge in [-0.1, -0.05) is 17.7 Å². The van der Waals surface area contributed by atoms with Gasteiger partial charge in [0.05, 0.1) is 5.75 Å². The van der Waals surface area contributed by atoms with Crippen molar-refractivity contribution in [3.05, 3.63) is 59.4 Å². The minimum Gasteiger partial charge on any atom is -0.293 e. The molecule has 0 radical (unpaired) electrons. The maximum Gasteiger partial charge on any atom is 0.174 e. The number of thioether (sulfide) groups is 1. The first-order valence-corrected chi connectivity index (χ1v) is 6.78. The van der Waals surface area contributed by atoms with E-state index < -0.39 is 0 Å². The monoisotopic (exact) mass is 257 g/mol. The van der Waals surface area contributed by atoms with E-state index in [9.17, 15) is 4.79 Å². The molecule has 0 amide bonds. The van der Waals surface area contributed by atoms with Crippen molar-refractivity contribution in [1.82, 2.24) is 4.98 Å². The van der Waals surface area contributed by atoms with Gasteiger partial charge in [0.1, 0.15) is 0 Å². The fourth-order valence-electron chi connectivity index (χ4n) is 1.69. The number of ketones is 1. The Bertz CT molecular complexity index is 566. The Morgan fingerprint density at radius 2 is 2.11 bits per heavy atom. The van der Waals surface area contributed by atoms with Gasteiger partial charge < -0.3 is 0 Å². The van der Waals surface area contributed by atoms with Crippen molar-refractivity contribution >= 4 is 17.5 Å². The number of benzene rings is 1. The predicted molar refractivity (Wildman–Crippen MR) is 75.2 cm³/mol. The van der Waals surface area contributed by atoms with Crippen molar-refractivity contribution in [3.8, 4) is 0 Å². The molecule has 92 valence electrons. The number of carbonyl (C=O) groups excluding carboxylic acids is 1. The number of hydrogen-bond donors (Lipinski definition) is 0. The lowest BCUT2D eigenvalue weighted by Crippen LogP contribution is -2.05. The van der Waals surface area contributed by atoms with E-state index >= 15 is 0 Å². The third-order valence-electron chi connectivity index (χ3n) is 2.70. The van der Waals surface area contributed by atoms with E-state index in [0.717, 1.165) is 16.0 Å². The fourth-order valence-corrected chi connectivity index (χ4v) is 2.58. The molecule has 1 aromatic heterocycles. The van der Waals surface area contributed by atoms with Gasteiger partial charge in [0.25, 0.3) is 0 Å². The Morgan fingerprint density at radius 1 is 1.28 bits per heavy atom. The molecule has 0 spiro atoms. The van der Waals surface area contributed by atoms with E-state index in [1.807, 2.05) is 25.1 Å². The molecule has 18 heavy (non-hydrogen) atoms. The lowest BCUT2D eigenvalue weighted by atomic mass is 10.1. The summed E-state index contributed by atoms with van der Waals surface area (Å²) in [6, 6.07) is 10.0. The van der Waals surface area contributed by atoms with E-state index in [4.69, 9.17) is 0 Å². The van der Waals surface area contributed by atoms with Crippen LogP contribution in [0.3, 0.4) is 0 Å². The van der Waals surface area contributed by atoms with Crippen LogP contribution < -0.4 is 0 Å². The van der Waals surface area contributed by atoms with Gasteiger partial charge in [-0.25, -0.2) is 0 Å². The summed E-state index contributed by atoms with van der Waals surface area (Å²) in [7, 11) is 0. The topological polar surface area (TPSA) is 30.0 Å². The van der Waals surface area contributed by atoms with Crippen LogP contribution in [0, 0.1) is 13.8 Å². The van der Waals surface area contributed by atoms with Gasteiger partial charge in [-0.2, -0.15) is 0 Å². The van der Waals surface area contributed by atoms with Gasteiger partial charge in [0.15, 0.2) is 5.78 Å². The van der Waals surface area contributed by atoms with Crippen molar-refractivity contribution in [2.75, 3.05) is 5.75 Å². The molecule has 0 aliphatic heterocycles. The number of carbonyl (C=O) groups is 1. The molecule has 0 bridgehead atoms. The molecule has 0 aliphatic rings. The molecule has 0 aliphatic carbocycles. The normalized spacial score (nSPS) is 10.3. The summed E-state index contributed by atoms with van der Waals surface area (Å²) in [5.41, 5.74) is 2.92. The maximum absolute atomic E-state index is 12.1. The van der Waals surface area contributed by atoms with Crippen molar-refractivity contribution in [2.24, 2.45) is 0 Å². The van der Waals surface area contributed by atoms with Crippen LogP contribution in [0.15, 0.2) is 47.6 Å². The first-order chi connectivity index (χ1) is 8.66. The molecule has 3 heteroatoms. The zero-order chi connectivity index (χ0) is 13.0. The summed E-state index contributed by atoms with van der Waals surface area (Å²) in [5, 5.41) is 0. The number of aromatic nitrogens is 1. The number of aryl methyl sites for hydroxylation is 2. The van der Waals surface area contributed by atoms with Crippen LogP contribution in [0.25, 0.3) is 0 Å². The summed E-state index contributed by atoms with van der Waals surface area (Å²) in [6.07, 6.45) is 3.36. The van der Waals surface area contributed by atoms with E-state index in [0.29, 0.717) is 5.75 Å². The first kappa shape index (κ1) is 12.8. The van der Waals surface area contributed by atoms with E-state index in [1.165, 1.54) is 5.56 Å². The largest absolute Gasteiger partial charge is 0.293 e. The Kier molecular flexibility index (Phi) is 4.15. The second kappa shape index (κ2) is 5.83. The SMILES string of the molecule is Cc1cccc(SCC(=O)c2cnccc2C)c1. The predicted octanol–water partition coefficient (Wildman–Crippen LogP) is 3.67. The zero-order valence-corrected chi connectivity index (χ0v) is 11.3. The molecule has 0 saturated heterocycles. The fraction of sp³-hybridized carbons (Fsp3) is 0.200. The maximum atomic E-state index is 12.1. The Hall–Kier alpha value is -1.61. The molecule has 0 N–H and O–H groups in total. The van der Waals surface area contributed by atoms with Crippen LogP contribution in [0.1, 0.15) is 21.5 Å². The van der Waals surface area contributed by atoms with Crippen LogP contribution in [0.2, 0.25) is 0 Å². The summed E-state index contributed by atoms with van der Waals surface area (Å²) >= 11 is 1.57. The Balaban J connectivity index is 2.03. The highest BCUT2D eigenvalue weighted by Gasteiger charge is 2.09. The van der Waals surface area contributed by atoms with E-state index in [1.54, 1.807) is 24.2 Å². The highest BCUT2D eigenvalue weighted by atomic mass is 32.2. The van der Waals surface area contributed by atoms with Crippen LogP contribution in [0.5, 0.6) is 0 Å². The van der Waals surface area contributed by atoms with E-state index in [2.05, 4.69) is 24.0 Å². The molecular weight excluding hydrogens is 242 g/mol. The average Bonchev–Trinajstić information content (AvgIpc) is 2.37. The lowest BCUT2D eigenvalue weighted by Gasteiger charge is -2.04. The molecule has 2 rings (SSSR count). The van der Waals surface area contributed by atoms with Gasteiger partial charge >= 0.3 is 0 Å². The van der Waals surface area contributed by atoms with Crippen molar-refractivity contribution in [1.29, 1.82) is 0 Å². The van der Waals surface area contributed by atoms with Crippen LogP contribution >= 0.6 is 11.8 Å². The molecule has 0 saturated carbocycles. The van der Waals surface area contributed by atoms with Crippen molar-refractivity contribution < 1.29 is 4.79 Å². The molecule has 1 heterocycles. The summed E-state index contributed by atoms with van der Waals surface area (Å²) in [4.78, 5) is 17.2. The smallest absolute Gasteiger partial charge is 0.174 e. The molecule has 0 fully saturated rings. The van der Waals surface area contributed by atoms with Crippen molar-refractivity contribution in [2.45, 2.75) is 18.7 Å². The Morgan fingerprint density at radius 3 is 2.83 bits per heavy atom. The molecular formula is C15H15NOS. The van der Waals surface area contributed by atoms with Crippen LogP contribution in [-0.4, -0.2) is 16.5 Å². The van der Waals surface area contributed by atoms with Gasteiger partial charge in [-0.15, -0.1) is 11.8 Å². The number of nitrogens with zero attached hydrogens (tertiary/aromatic N) is 1. The highest BCUT2D eigenvalue weighted by molar-refractivity contribution is 8.00. The third-order valence-corrected chi connectivity index (χ3v) is 3.69. The van der Waals surface area contributed by atoms with Crippen LogP contribution in [0.4, 0.5) is 0 Å². The number of rotatable bonds is 4. The number of pyridine rings is 1. The first-order valence-electron chi connectivity index (χ1n) is 5.80. The summed E-state index contributed by atoms with van der Waals surface area (Å²) in [6.45, 7) is 3.99. The lowest BCUT2D eigenvalue weighted by molar-refractivity contribution is 0.102. The van der Waals surface area contributed by atoms with Crippen LogP contribution in [-0.2, 0) is 0 Å².